The van der Waals surface area contributed by atoms with Crippen molar-refractivity contribution >= 4 is 17.2 Å². The SMILES string of the molecule is CC[C@H](Cn1nc(-c2cccs2)ccc1=O)NC(=O)C1CC1. The smallest absolute Gasteiger partial charge is 0.266 e. The molecule has 116 valence electrons. The van der Waals surface area contributed by atoms with Gasteiger partial charge in [-0.2, -0.15) is 5.10 Å². The highest BCUT2D eigenvalue weighted by Gasteiger charge is 2.30. The van der Waals surface area contributed by atoms with Crippen molar-refractivity contribution in [3.8, 4) is 10.6 Å². The van der Waals surface area contributed by atoms with Gasteiger partial charge in [0.1, 0.15) is 5.69 Å². The maximum atomic E-state index is 12.0. The van der Waals surface area contributed by atoms with E-state index in [2.05, 4.69) is 10.4 Å². The van der Waals surface area contributed by atoms with Crippen LogP contribution in [0, 0.1) is 5.92 Å². The van der Waals surface area contributed by atoms with Gasteiger partial charge in [-0.05, 0) is 36.8 Å². The van der Waals surface area contributed by atoms with Gasteiger partial charge in [-0.1, -0.05) is 13.0 Å². The van der Waals surface area contributed by atoms with Crippen LogP contribution in [0.1, 0.15) is 26.2 Å². The summed E-state index contributed by atoms with van der Waals surface area (Å²) in [6, 6.07) is 7.17. The molecule has 1 aliphatic carbocycles. The van der Waals surface area contributed by atoms with Crippen LogP contribution < -0.4 is 10.9 Å². The highest BCUT2D eigenvalue weighted by molar-refractivity contribution is 7.13. The number of hydrogen-bond acceptors (Lipinski definition) is 4. The molecule has 6 heteroatoms. The Morgan fingerprint density at radius 3 is 2.91 bits per heavy atom. The maximum Gasteiger partial charge on any atom is 0.266 e. The fraction of sp³-hybridized carbons (Fsp3) is 0.438. The molecule has 1 N–H and O–H groups in total. The maximum absolute atomic E-state index is 12.0. The van der Waals surface area contributed by atoms with Crippen LogP contribution in [0.2, 0.25) is 0 Å². The first-order valence-electron chi connectivity index (χ1n) is 7.59. The van der Waals surface area contributed by atoms with E-state index >= 15 is 0 Å². The van der Waals surface area contributed by atoms with Crippen LogP contribution in [-0.2, 0) is 11.3 Å². The minimum absolute atomic E-state index is 0.0584. The Labute approximate surface area is 133 Å². The number of amides is 1. The summed E-state index contributed by atoms with van der Waals surface area (Å²) in [5, 5.41) is 9.44. The van der Waals surface area contributed by atoms with Gasteiger partial charge in [0.2, 0.25) is 5.91 Å². The fourth-order valence-corrected chi connectivity index (χ4v) is 2.98. The van der Waals surface area contributed by atoms with Crippen LogP contribution in [0.25, 0.3) is 10.6 Å². The Kier molecular flexibility index (Phi) is 4.38. The second kappa shape index (κ2) is 6.44. The quantitative estimate of drug-likeness (QED) is 0.889. The summed E-state index contributed by atoms with van der Waals surface area (Å²) < 4.78 is 1.45. The molecule has 2 aromatic rings. The largest absolute Gasteiger partial charge is 0.351 e. The number of thiophene rings is 1. The summed E-state index contributed by atoms with van der Waals surface area (Å²) in [5.74, 6) is 0.283. The third-order valence-electron chi connectivity index (χ3n) is 3.82. The van der Waals surface area contributed by atoms with E-state index in [4.69, 9.17) is 0 Å². The predicted molar refractivity (Wildman–Crippen MR) is 86.8 cm³/mol. The number of carbonyl (C=O) groups is 1. The lowest BCUT2D eigenvalue weighted by Gasteiger charge is -2.17. The van der Waals surface area contributed by atoms with Gasteiger partial charge in [0.15, 0.2) is 0 Å². The van der Waals surface area contributed by atoms with Crippen molar-refractivity contribution in [2.45, 2.75) is 38.8 Å². The molecular formula is C16H19N3O2S. The zero-order valence-electron chi connectivity index (χ0n) is 12.5. The fourth-order valence-electron chi connectivity index (χ4n) is 2.29. The molecule has 0 radical (unpaired) electrons. The average Bonchev–Trinajstić information content (AvgIpc) is 3.24. The molecule has 2 aromatic heterocycles. The van der Waals surface area contributed by atoms with Crippen LogP contribution in [0.15, 0.2) is 34.4 Å². The van der Waals surface area contributed by atoms with E-state index in [9.17, 15) is 9.59 Å². The van der Waals surface area contributed by atoms with Crippen molar-refractivity contribution in [1.82, 2.24) is 15.1 Å². The molecule has 1 saturated carbocycles. The minimum Gasteiger partial charge on any atom is -0.351 e. The van der Waals surface area contributed by atoms with Gasteiger partial charge in [0, 0.05) is 18.0 Å². The van der Waals surface area contributed by atoms with E-state index in [1.165, 1.54) is 10.7 Å². The summed E-state index contributed by atoms with van der Waals surface area (Å²) in [5.41, 5.74) is 0.650. The number of nitrogens with one attached hydrogen (secondary N) is 1. The van der Waals surface area contributed by atoms with Crippen LogP contribution in [0.3, 0.4) is 0 Å². The van der Waals surface area contributed by atoms with Gasteiger partial charge in [-0.25, -0.2) is 4.68 Å². The summed E-state index contributed by atoms with van der Waals surface area (Å²) in [7, 11) is 0. The summed E-state index contributed by atoms with van der Waals surface area (Å²) in [6.07, 6.45) is 2.73. The number of aromatic nitrogens is 2. The molecule has 0 aliphatic heterocycles. The van der Waals surface area contributed by atoms with Gasteiger partial charge in [-0.15, -0.1) is 11.3 Å². The van der Waals surface area contributed by atoms with Gasteiger partial charge < -0.3 is 5.32 Å². The number of hydrogen-bond donors (Lipinski definition) is 1. The van der Waals surface area contributed by atoms with E-state index in [1.807, 2.05) is 24.4 Å². The normalized spacial score (nSPS) is 15.5. The first kappa shape index (κ1) is 15.0. The standard InChI is InChI=1S/C16H19N3O2S/c1-2-12(17-16(21)11-5-6-11)10-19-15(20)8-7-13(18-19)14-4-3-9-22-14/h3-4,7-9,11-12H,2,5-6,10H2,1H3,(H,17,21)/t12-/m1/s1. The molecule has 0 spiro atoms. The molecule has 0 bridgehead atoms. The molecule has 3 rings (SSSR count). The highest BCUT2D eigenvalue weighted by atomic mass is 32.1. The topological polar surface area (TPSA) is 64.0 Å². The Morgan fingerprint density at radius 1 is 1.45 bits per heavy atom. The van der Waals surface area contributed by atoms with Crippen LogP contribution >= 0.6 is 11.3 Å². The first-order chi connectivity index (χ1) is 10.7. The average molecular weight is 317 g/mol. The van der Waals surface area contributed by atoms with E-state index in [1.54, 1.807) is 17.4 Å². The van der Waals surface area contributed by atoms with Crippen molar-refractivity contribution in [3.63, 3.8) is 0 Å². The molecule has 0 unspecified atom stereocenters. The highest BCUT2D eigenvalue weighted by Crippen LogP contribution is 2.29. The number of nitrogens with zero attached hydrogens (tertiary/aromatic N) is 2. The number of rotatable bonds is 6. The third-order valence-corrected chi connectivity index (χ3v) is 4.71. The zero-order chi connectivity index (χ0) is 15.5. The van der Waals surface area contributed by atoms with Crippen LogP contribution in [-0.4, -0.2) is 21.7 Å². The van der Waals surface area contributed by atoms with Crippen molar-refractivity contribution in [1.29, 1.82) is 0 Å². The second-order valence-corrected chi connectivity index (χ2v) is 6.55. The molecule has 1 aliphatic rings. The molecule has 1 atom stereocenters. The Bertz CT molecular complexity index is 704. The predicted octanol–water partition coefficient (Wildman–Crippen LogP) is 2.28. The lowest BCUT2D eigenvalue weighted by Crippen LogP contribution is -2.41. The Balaban J connectivity index is 1.76. The van der Waals surface area contributed by atoms with Gasteiger partial charge in [0.25, 0.3) is 5.56 Å². The molecule has 2 heterocycles. The van der Waals surface area contributed by atoms with Crippen molar-refractivity contribution in [3.05, 3.63) is 40.0 Å². The molecular weight excluding hydrogens is 298 g/mol. The van der Waals surface area contributed by atoms with Crippen LogP contribution in [0.4, 0.5) is 0 Å². The third kappa shape index (κ3) is 3.44. The summed E-state index contributed by atoms with van der Waals surface area (Å²) in [6.45, 7) is 2.42. The summed E-state index contributed by atoms with van der Waals surface area (Å²) in [4.78, 5) is 24.9. The molecule has 22 heavy (non-hydrogen) atoms. The van der Waals surface area contributed by atoms with E-state index in [0.717, 1.165) is 29.8 Å². The molecule has 0 saturated heterocycles. The van der Waals surface area contributed by atoms with Crippen molar-refractivity contribution in [2.75, 3.05) is 0 Å². The van der Waals surface area contributed by atoms with Crippen molar-refractivity contribution in [2.24, 2.45) is 5.92 Å². The Morgan fingerprint density at radius 2 is 2.27 bits per heavy atom. The monoisotopic (exact) mass is 317 g/mol. The van der Waals surface area contributed by atoms with Gasteiger partial charge in [0.05, 0.1) is 11.4 Å². The van der Waals surface area contributed by atoms with Gasteiger partial charge >= 0.3 is 0 Å². The lowest BCUT2D eigenvalue weighted by molar-refractivity contribution is -0.123. The van der Waals surface area contributed by atoms with E-state index in [-0.39, 0.29) is 23.4 Å². The molecule has 0 aromatic carbocycles. The molecule has 5 nitrogen and oxygen atoms in total. The molecule has 1 amide bonds. The van der Waals surface area contributed by atoms with E-state index < -0.39 is 0 Å². The van der Waals surface area contributed by atoms with Crippen LogP contribution in [0.5, 0.6) is 0 Å². The minimum atomic E-state index is -0.139. The molecule has 1 fully saturated rings. The lowest BCUT2D eigenvalue weighted by atomic mass is 10.2. The number of carbonyl (C=O) groups excluding carboxylic acids is 1. The van der Waals surface area contributed by atoms with Crippen molar-refractivity contribution < 1.29 is 4.79 Å². The summed E-state index contributed by atoms with van der Waals surface area (Å²) >= 11 is 1.59. The Hall–Kier alpha value is -1.95. The van der Waals surface area contributed by atoms with Gasteiger partial charge in [-0.3, -0.25) is 9.59 Å². The first-order valence-corrected chi connectivity index (χ1v) is 8.47. The van der Waals surface area contributed by atoms with E-state index in [0.29, 0.717) is 6.54 Å². The second-order valence-electron chi connectivity index (χ2n) is 5.60. The zero-order valence-corrected chi connectivity index (χ0v) is 13.3.